The number of hydrogen-bond acceptors (Lipinski definition) is 5. The van der Waals surface area contributed by atoms with Crippen LogP contribution in [0.25, 0.3) is 10.9 Å². The average Bonchev–Trinajstić information content (AvgIpc) is 3.38. The average molecular weight is 434 g/mol. The molecule has 1 saturated heterocycles. The van der Waals surface area contributed by atoms with Gasteiger partial charge in [-0.3, -0.25) is 4.79 Å². The summed E-state index contributed by atoms with van der Waals surface area (Å²) < 4.78 is 32.4. The molecule has 154 valence electrons. The van der Waals surface area contributed by atoms with Gasteiger partial charge in [0.25, 0.3) is 15.9 Å². The molecule has 0 radical (unpaired) electrons. The van der Waals surface area contributed by atoms with Crippen molar-refractivity contribution in [3.05, 3.63) is 52.0 Å². The highest BCUT2D eigenvalue weighted by molar-refractivity contribution is 7.91. The van der Waals surface area contributed by atoms with Gasteiger partial charge in [-0.05, 0) is 49.2 Å². The second kappa shape index (κ2) is 7.91. The summed E-state index contributed by atoms with van der Waals surface area (Å²) in [5.41, 5.74) is 3.74. The molecule has 0 saturated carbocycles. The fraction of sp³-hybridized carbons (Fsp3) is 0.350. The number of carbonyl (C=O) groups excluding carboxylic acids is 1. The number of amides is 1. The van der Waals surface area contributed by atoms with Crippen LogP contribution in [0.3, 0.4) is 0 Å². The van der Waals surface area contributed by atoms with E-state index in [0.29, 0.717) is 36.2 Å². The zero-order valence-corrected chi connectivity index (χ0v) is 18.0. The Labute approximate surface area is 173 Å². The summed E-state index contributed by atoms with van der Waals surface area (Å²) >= 11 is 1.18. The van der Waals surface area contributed by atoms with Crippen molar-refractivity contribution in [2.24, 2.45) is 0 Å². The lowest BCUT2D eigenvalue weighted by Crippen LogP contribution is -2.40. The Balaban J connectivity index is 1.44. The molecule has 3 aromatic rings. The fourth-order valence-corrected chi connectivity index (χ4v) is 6.21. The first-order valence-corrected chi connectivity index (χ1v) is 11.7. The number of carbonyl (C=O) groups is 1. The predicted octanol–water partition coefficient (Wildman–Crippen LogP) is 2.80. The van der Waals surface area contributed by atoms with Gasteiger partial charge >= 0.3 is 0 Å². The lowest BCUT2D eigenvalue weighted by atomic mass is 10.1. The molecular weight excluding hydrogens is 410 g/mol. The highest BCUT2D eigenvalue weighted by atomic mass is 32.2. The SMILES string of the molecule is Cc1ccc2[nH]c(C(=O)NCc3ccc(S(=O)(=O)N4CCOCC4)s3)cc2c1C. The summed E-state index contributed by atoms with van der Waals surface area (Å²) in [4.78, 5) is 16.5. The van der Waals surface area contributed by atoms with Gasteiger partial charge in [0.1, 0.15) is 9.90 Å². The quantitative estimate of drug-likeness (QED) is 0.647. The van der Waals surface area contributed by atoms with Crippen molar-refractivity contribution in [3.63, 3.8) is 0 Å². The zero-order chi connectivity index (χ0) is 20.6. The van der Waals surface area contributed by atoms with E-state index in [1.807, 2.05) is 32.0 Å². The number of rotatable bonds is 5. The second-order valence-corrected chi connectivity index (χ2v) is 10.4. The smallest absolute Gasteiger partial charge is 0.268 e. The van der Waals surface area contributed by atoms with Crippen LogP contribution in [-0.4, -0.2) is 49.9 Å². The molecule has 1 fully saturated rings. The van der Waals surface area contributed by atoms with E-state index < -0.39 is 10.0 Å². The zero-order valence-electron chi connectivity index (χ0n) is 16.3. The third kappa shape index (κ3) is 3.95. The molecule has 0 atom stereocenters. The number of morpholine rings is 1. The number of benzene rings is 1. The van der Waals surface area contributed by atoms with Gasteiger partial charge < -0.3 is 15.0 Å². The second-order valence-electron chi connectivity index (χ2n) is 7.07. The van der Waals surface area contributed by atoms with Crippen LogP contribution in [0.15, 0.2) is 34.5 Å². The Morgan fingerprint density at radius 1 is 1.21 bits per heavy atom. The fourth-order valence-electron chi connectivity index (χ4n) is 3.35. The first-order valence-electron chi connectivity index (χ1n) is 9.40. The lowest BCUT2D eigenvalue weighted by Gasteiger charge is -2.25. The maximum atomic E-state index is 12.7. The Kier molecular flexibility index (Phi) is 5.48. The molecule has 2 N–H and O–H groups in total. The van der Waals surface area contributed by atoms with Gasteiger partial charge in [-0.1, -0.05) is 6.07 Å². The van der Waals surface area contributed by atoms with E-state index in [9.17, 15) is 13.2 Å². The summed E-state index contributed by atoms with van der Waals surface area (Å²) in [5.74, 6) is -0.218. The van der Waals surface area contributed by atoms with Crippen LogP contribution in [0, 0.1) is 13.8 Å². The Morgan fingerprint density at radius 3 is 2.72 bits per heavy atom. The van der Waals surface area contributed by atoms with Crippen LogP contribution < -0.4 is 5.32 Å². The molecule has 3 heterocycles. The largest absolute Gasteiger partial charge is 0.379 e. The molecule has 4 rings (SSSR count). The number of nitrogens with one attached hydrogen (secondary N) is 2. The number of nitrogens with zero attached hydrogens (tertiary/aromatic N) is 1. The van der Waals surface area contributed by atoms with Gasteiger partial charge in [0.15, 0.2) is 0 Å². The van der Waals surface area contributed by atoms with Crippen LogP contribution in [0.1, 0.15) is 26.5 Å². The molecule has 0 aliphatic carbocycles. The summed E-state index contributed by atoms with van der Waals surface area (Å²) in [7, 11) is -3.51. The standard InChI is InChI=1S/C20H23N3O4S2/c1-13-3-5-17-16(14(13)2)11-18(22-17)20(24)21-12-15-4-6-19(28-15)29(25,26)23-7-9-27-10-8-23/h3-6,11,22H,7-10,12H2,1-2H3,(H,21,24). The minimum atomic E-state index is -3.51. The molecule has 0 spiro atoms. The summed E-state index contributed by atoms with van der Waals surface area (Å²) in [6.07, 6.45) is 0. The molecule has 0 unspecified atom stereocenters. The summed E-state index contributed by atoms with van der Waals surface area (Å²) in [5, 5.41) is 3.90. The van der Waals surface area contributed by atoms with Crippen molar-refractivity contribution >= 4 is 38.2 Å². The van der Waals surface area contributed by atoms with Gasteiger partial charge in [0.05, 0.1) is 19.8 Å². The lowest BCUT2D eigenvalue weighted by molar-refractivity contribution is 0.0731. The highest BCUT2D eigenvalue weighted by Gasteiger charge is 2.27. The maximum Gasteiger partial charge on any atom is 0.268 e. The first-order chi connectivity index (χ1) is 13.9. The van der Waals surface area contributed by atoms with Crippen molar-refractivity contribution in [1.82, 2.24) is 14.6 Å². The number of H-pyrrole nitrogens is 1. The van der Waals surface area contributed by atoms with Crippen molar-refractivity contribution in [3.8, 4) is 0 Å². The van der Waals surface area contributed by atoms with Crippen LogP contribution in [-0.2, 0) is 21.3 Å². The molecule has 7 nitrogen and oxygen atoms in total. The molecule has 1 aromatic carbocycles. The minimum absolute atomic E-state index is 0.218. The van der Waals surface area contributed by atoms with Gasteiger partial charge in [-0.15, -0.1) is 11.3 Å². The highest BCUT2D eigenvalue weighted by Crippen LogP contribution is 2.26. The minimum Gasteiger partial charge on any atom is -0.379 e. The van der Waals surface area contributed by atoms with Crippen LogP contribution in [0.5, 0.6) is 0 Å². The van der Waals surface area contributed by atoms with Gasteiger partial charge in [0, 0.05) is 28.9 Å². The number of aromatic nitrogens is 1. The third-order valence-corrected chi connectivity index (χ3v) is 8.66. The molecule has 9 heteroatoms. The monoisotopic (exact) mass is 433 g/mol. The number of aryl methyl sites for hydroxylation is 2. The van der Waals surface area contributed by atoms with Gasteiger partial charge in [0.2, 0.25) is 0 Å². The molecular formula is C20H23N3O4S2. The van der Waals surface area contributed by atoms with Crippen molar-refractivity contribution in [2.75, 3.05) is 26.3 Å². The van der Waals surface area contributed by atoms with Gasteiger partial charge in [-0.25, -0.2) is 8.42 Å². The van der Waals surface area contributed by atoms with E-state index in [1.165, 1.54) is 21.2 Å². The van der Waals surface area contributed by atoms with Crippen molar-refractivity contribution in [1.29, 1.82) is 0 Å². The Hall–Kier alpha value is -2.20. The number of fused-ring (bicyclic) bond motifs is 1. The number of aromatic amines is 1. The number of thiophene rings is 1. The molecule has 1 amide bonds. The summed E-state index contributed by atoms with van der Waals surface area (Å²) in [6.45, 7) is 5.91. The van der Waals surface area contributed by atoms with Crippen molar-refractivity contribution < 1.29 is 17.9 Å². The normalized spacial score (nSPS) is 15.7. The van der Waals surface area contributed by atoms with E-state index in [4.69, 9.17) is 4.74 Å². The summed E-state index contributed by atoms with van der Waals surface area (Å²) in [6, 6.07) is 9.20. The molecule has 1 aliphatic rings. The first kappa shape index (κ1) is 20.1. The number of ether oxygens (including phenoxy) is 1. The predicted molar refractivity (Wildman–Crippen MR) is 113 cm³/mol. The topological polar surface area (TPSA) is 91.5 Å². The Morgan fingerprint density at radius 2 is 1.97 bits per heavy atom. The van der Waals surface area contributed by atoms with Crippen LogP contribution >= 0.6 is 11.3 Å². The molecule has 2 aromatic heterocycles. The molecule has 1 aliphatic heterocycles. The number of sulfonamides is 1. The van der Waals surface area contributed by atoms with E-state index in [1.54, 1.807) is 12.1 Å². The van der Waals surface area contributed by atoms with Crippen LogP contribution in [0.4, 0.5) is 0 Å². The van der Waals surface area contributed by atoms with E-state index in [0.717, 1.165) is 21.3 Å². The van der Waals surface area contributed by atoms with E-state index in [-0.39, 0.29) is 12.5 Å². The van der Waals surface area contributed by atoms with E-state index in [2.05, 4.69) is 10.3 Å². The van der Waals surface area contributed by atoms with Gasteiger partial charge in [-0.2, -0.15) is 4.31 Å². The maximum absolute atomic E-state index is 12.7. The van der Waals surface area contributed by atoms with Crippen molar-refractivity contribution in [2.45, 2.75) is 24.6 Å². The number of hydrogen-bond donors (Lipinski definition) is 2. The molecule has 0 bridgehead atoms. The van der Waals surface area contributed by atoms with Crippen LogP contribution in [0.2, 0.25) is 0 Å². The van der Waals surface area contributed by atoms with E-state index >= 15 is 0 Å². The third-order valence-electron chi connectivity index (χ3n) is 5.21. The molecule has 29 heavy (non-hydrogen) atoms. The Bertz CT molecular complexity index is 1160.